The third-order valence-corrected chi connectivity index (χ3v) is 0.661. The Kier molecular flexibility index (Phi) is 9.67. The van der Waals surface area contributed by atoms with Gasteiger partial charge in [0.05, 0.1) is 5.92 Å². The predicted molar refractivity (Wildman–Crippen MR) is 38.8 cm³/mol. The topological polar surface area (TPSA) is 54.4 Å². The van der Waals surface area contributed by atoms with E-state index in [0.29, 0.717) is 6.42 Å². The Labute approximate surface area is 61.1 Å². The molecule has 0 radical (unpaired) electrons. The van der Waals surface area contributed by atoms with Gasteiger partial charge in [-0.3, -0.25) is 4.79 Å². The molecule has 0 aromatic heterocycles. The SMILES string of the molecule is CC(C)C(=O)O.CCC=O. The molecule has 0 fully saturated rings. The van der Waals surface area contributed by atoms with Crippen LogP contribution in [0.1, 0.15) is 27.2 Å². The minimum atomic E-state index is -0.741. The number of hydrogen-bond donors (Lipinski definition) is 1. The Bertz CT molecular complexity index is 97.0. The highest BCUT2D eigenvalue weighted by Crippen LogP contribution is 1.87. The van der Waals surface area contributed by atoms with Crippen molar-refractivity contribution in [2.24, 2.45) is 5.92 Å². The summed E-state index contributed by atoms with van der Waals surface area (Å²) in [4.78, 5) is 18.9. The van der Waals surface area contributed by atoms with E-state index in [-0.39, 0.29) is 5.92 Å². The van der Waals surface area contributed by atoms with Gasteiger partial charge >= 0.3 is 5.97 Å². The van der Waals surface area contributed by atoms with Gasteiger partial charge in [0.15, 0.2) is 0 Å². The Morgan fingerprint density at radius 1 is 1.60 bits per heavy atom. The first-order valence-corrected chi connectivity index (χ1v) is 3.22. The molecule has 0 aliphatic rings. The predicted octanol–water partition coefficient (Wildman–Crippen LogP) is 1.32. The molecule has 0 aromatic rings. The van der Waals surface area contributed by atoms with E-state index < -0.39 is 5.97 Å². The van der Waals surface area contributed by atoms with Gasteiger partial charge < -0.3 is 9.90 Å². The first-order valence-electron chi connectivity index (χ1n) is 3.22. The summed E-state index contributed by atoms with van der Waals surface area (Å²) in [5.74, 6) is -0.972. The lowest BCUT2D eigenvalue weighted by molar-refractivity contribution is -0.140. The van der Waals surface area contributed by atoms with Crippen LogP contribution in [-0.4, -0.2) is 17.4 Å². The van der Waals surface area contributed by atoms with Gasteiger partial charge in [0.1, 0.15) is 6.29 Å². The first kappa shape index (κ1) is 11.9. The largest absolute Gasteiger partial charge is 0.481 e. The lowest BCUT2D eigenvalue weighted by Gasteiger charge is -1.89. The monoisotopic (exact) mass is 146 g/mol. The van der Waals surface area contributed by atoms with Gasteiger partial charge in [-0.2, -0.15) is 0 Å². The fourth-order valence-corrected chi connectivity index (χ4v) is 0. The molecule has 1 N–H and O–H groups in total. The van der Waals surface area contributed by atoms with Crippen molar-refractivity contribution in [1.29, 1.82) is 0 Å². The number of carbonyl (C=O) groups excluding carboxylic acids is 1. The van der Waals surface area contributed by atoms with Crippen molar-refractivity contribution in [3.8, 4) is 0 Å². The normalized spacial score (nSPS) is 8.00. The summed E-state index contributed by atoms with van der Waals surface area (Å²) in [5.41, 5.74) is 0. The van der Waals surface area contributed by atoms with Gasteiger partial charge in [-0.25, -0.2) is 0 Å². The van der Waals surface area contributed by atoms with Crippen LogP contribution >= 0.6 is 0 Å². The summed E-state index contributed by atoms with van der Waals surface area (Å²) < 4.78 is 0. The van der Waals surface area contributed by atoms with Crippen LogP contribution in [0.4, 0.5) is 0 Å². The van der Waals surface area contributed by atoms with Crippen molar-refractivity contribution >= 4 is 12.3 Å². The highest BCUT2D eigenvalue weighted by Gasteiger charge is 1.99. The zero-order chi connectivity index (χ0) is 8.57. The molecule has 0 aliphatic heterocycles. The molecule has 0 rings (SSSR count). The Hall–Kier alpha value is -0.860. The number of carboxylic acid groups (broad SMARTS) is 1. The van der Waals surface area contributed by atoms with Crippen LogP contribution in [0, 0.1) is 5.92 Å². The van der Waals surface area contributed by atoms with Gasteiger partial charge in [-0.1, -0.05) is 20.8 Å². The molecule has 0 unspecified atom stereocenters. The quantitative estimate of drug-likeness (QED) is 0.598. The van der Waals surface area contributed by atoms with Crippen LogP contribution in [0.2, 0.25) is 0 Å². The maximum Gasteiger partial charge on any atom is 0.305 e. The standard InChI is InChI=1S/C4H8O2.C3H6O/c1-3(2)4(5)6;1-2-3-4/h3H,1-2H3,(H,5,6);3H,2H2,1H3. The third kappa shape index (κ3) is 15.7. The van der Waals surface area contributed by atoms with Crippen molar-refractivity contribution < 1.29 is 14.7 Å². The van der Waals surface area contributed by atoms with E-state index in [1.54, 1.807) is 13.8 Å². The van der Waals surface area contributed by atoms with E-state index in [1.165, 1.54) is 0 Å². The summed E-state index contributed by atoms with van der Waals surface area (Å²) in [6.45, 7) is 5.09. The van der Waals surface area contributed by atoms with Crippen LogP contribution < -0.4 is 0 Å². The highest BCUT2D eigenvalue weighted by molar-refractivity contribution is 5.68. The summed E-state index contributed by atoms with van der Waals surface area (Å²) in [5, 5.41) is 7.99. The number of hydrogen-bond acceptors (Lipinski definition) is 2. The van der Waals surface area contributed by atoms with Gasteiger partial charge in [-0.15, -0.1) is 0 Å². The maximum atomic E-state index is 9.70. The van der Waals surface area contributed by atoms with E-state index in [4.69, 9.17) is 5.11 Å². The minimum Gasteiger partial charge on any atom is -0.481 e. The molecule has 0 spiro atoms. The zero-order valence-electron chi connectivity index (χ0n) is 6.63. The molecule has 0 saturated carbocycles. The van der Waals surface area contributed by atoms with Gasteiger partial charge in [0.25, 0.3) is 0 Å². The number of aliphatic carboxylic acids is 1. The lowest BCUT2D eigenvalue weighted by atomic mass is 10.2. The second-order valence-electron chi connectivity index (χ2n) is 2.07. The average molecular weight is 146 g/mol. The van der Waals surface area contributed by atoms with Gasteiger partial charge in [-0.05, 0) is 0 Å². The molecule has 3 heteroatoms. The Balaban J connectivity index is 0. The van der Waals surface area contributed by atoms with Crippen LogP contribution in [0.15, 0.2) is 0 Å². The zero-order valence-corrected chi connectivity index (χ0v) is 6.63. The lowest BCUT2D eigenvalue weighted by Crippen LogP contribution is -2.03. The molecule has 0 amide bonds. The number of carbonyl (C=O) groups is 2. The van der Waals surface area contributed by atoms with Crippen LogP contribution in [0.5, 0.6) is 0 Å². The molecule has 0 atom stereocenters. The molecular formula is C7H14O3. The third-order valence-electron chi connectivity index (χ3n) is 0.661. The van der Waals surface area contributed by atoms with Crippen molar-refractivity contribution in [3.05, 3.63) is 0 Å². The molecule has 0 heterocycles. The van der Waals surface area contributed by atoms with E-state index >= 15 is 0 Å². The molecule has 3 nitrogen and oxygen atoms in total. The van der Waals surface area contributed by atoms with Gasteiger partial charge in [0, 0.05) is 6.42 Å². The fourth-order valence-electron chi connectivity index (χ4n) is 0. The summed E-state index contributed by atoms with van der Waals surface area (Å²) >= 11 is 0. The number of carboxylic acids is 1. The number of aldehydes is 1. The molecule has 0 saturated heterocycles. The second kappa shape index (κ2) is 8.14. The van der Waals surface area contributed by atoms with E-state index in [0.717, 1.165) is 6.29 Å². The molecule has 0 aromatic carbocycles. The van der Waals surface area contributed by atoms with E-state index in [1.807, 2.05) is 6.92 Å². The molecule has 0 bridgehead atoms. The van der Waals surface area contributed by atoms with Crippen molar-refractivity contribution in [2.45, 2.75) is 27.2 Å². The minimum absolute atomic E-state index is 0.231. The maximum absolute atomic E-state index is 9.70. The molecule has 60 valence electrons. The number of rotatable bonds is 2. The Morgan fingerprint density at radius 3 is 1.80 bits per heavy atom. The summed E-state index contributed by atoms with van der Waals surface area (Å²) in [6, 6.07) is 0. The summed E-state index contributed by atoms with van der Waals surface area (Å²) in [7, 11) is 0. The van der Waals surface area contributed by atoms with Gasteiger partial charge in [0.2, 0.25) is 0 Å². The smallest absolute Gasteiger partial charge is 0.305 e. The van der Waals surface area contributed by atoms with Crippen LogP contribution in [-0.2, 0) is 9.59 Å². The highest BCUT2D eigenvalue weighted by atomic mass is 16.4. The second-order valence-corrected chi connectivity index (χ2v) is 2.07. The fraction of sp³-hybridized carbons (Fsp3) is 0.714. The first-order chi connectivity index (χ1) is 4.56. The van der Waals surface area contributed by atoms with Crippen molar-refractivity contribution in [3.63, 3.8) is 0 Å². The molecule has 0 aliphatic carbocycles. The molecular weight excluding hydrogens is 132 g/mol. The average Bonchev–Trinajstić information content (AvgIpc) is 1.89. The van der Waals surface area contributed by atoms with E-state index in [2.05, 4.69) is 0 Å². The van der Waals surface area contributed by atoms with Crippen LogP contribution in [0.3, 0.4) is 0 Å². The van der Waals surface area contributed by atoms with Crippen LogP contribution in [0.25, 0.3) is 0 Å². The van der Waals surface area contributed by atoms with E-state index in [9.17, 15) is 9.59 Å². The summed E-state index contributed by atoms with van der Waals surface area (Å²) in [6.07, 6.45) is 1.51. The van der Waals surface area contributed by atoms with Crippen molar-refractivity contribution in [1.82, 2.24) is 0 Å². The molecule has 10 heavy (non-hydrogen) atoms. The Morgan fingerprint density at radius 2 is 1.80 bits per heavy atom. The van der Waals surface area contributed by atoms with Crippen molar-refractivity contribution in [2.75, 3.05) is 0 Å².